The molecular formula is C22H18ClFN2O4S. The standard InChI is InChI=1S/C22H18ClFN2O4S/c23-13-3-1-12(2-4-13)22(30)5-7-25(8-6-22)17-10-16-14(9-15(17)24)19(27)18(21(28)29)20-26(16)11-31-20/h1-4,9-10,30H,5-8,11H2,(H,28,29). The van der Waals surface area contributed by atoms with Crippen molar-refractivity contribution >= 4 is 45.9 Å². The van der Waals surface area contributed by atoms with Crippen molar-refractivity contribution < 1.29 is 19.4 Å². The lowest BCUT2D eigenvalue weighted by Gasteiger charge is -2.40. The van der Waals surface area contributed by atoms with Gasteiger partial charge in [-0.1, -0.05) is 35.5 Å². The zero-order valence-electron chi connectivity index (χ0n) is 16.3. The van der Waals surface area contributed by atoms with Crippen LogP contribution in [0, 0.1) is 5.82 Å². The van der Waals surface area contributed by atoms with Crippen LogP contribution in [-0.4, -0.2) is 33.8 Å². The minimum atomic E-state index is -1.30. The molecule has 31 heavy (non-hydrogen) atoms. The predicted molar refractivity (Wildman–Crippen MR) is 118 cm³/mol. The number of pyridine rings is 1. The van der Waals surface area contributed by atoms with Crippen LogP contribution in [-0.2, 0) is 11.5 Å². The highest BCUT2D eigenvalue weighted by molar-refractivity contribution is 7.99. The van der Waals surface area contributed by atoms with Gasteiger partial charge in [0.1, 0.15) is 11.4 Å². The van der Waals surface area contributed by atoms with Crippen LogP contribution in [0.1, 0.15) is 28.8 Å². The van der Waals surface area contributed by atoms with Crippen LogP contribution < -0.4 is 10.3 Å². The van der Waals surface area contributed by atoms with Gasteiger partial charge in [0, 0.05) is 23.5 Å². The van der Waals surface area contributed by atoms with Gasteiger partial charge in [-0.15, -0.1) is 0 Å². The van der Waals surface area contributed by atoms with Gasteiger partial charge in [0.05, 0.1) is 27.7 Å². The van der Waals surface area contributed by atoms with E-state index in [1.54, 1.807) is 34.9 Å². The van der Waals surface area contributed by atoms with Crippen LogP contribution in [0.15, 0.2) is 46.2 Å². The van der Waals surface area contributed by atoms with E-state index in [2.05, 4.69) is 0 Å². The molecule has 2 aliphatic rings. The topological polar surface area (TPSA) is 82.8 Å². The summed E-state index contributed by atoms with van der Waals surface area (Å²) in [5, 5.41) is 21.5. The molecule has 0 amide bonds. The van der Waals surface area contributed by atoms with Crippen LogP contribution in [0.2, 0.25) is 5.02 Å². The molecule has 1 fully saturated rings. The molecule has 2 N–H and O–H groups in total. The number of aromatic nitrogens is 1. The predicted octanol–water partition coefficient (Wildman–Crippen LogP) is 4.04. The smallest absolute Gasteiger partial charge is 0.342 e. The number of carbonyl (C=O) groups is 1. The van der Waals surface area contributed by atoms with Crippen molar-refractivity contribution in [1.82, 2.24) is 4.57 Å². The number of halogens is 2. The van der Waals surface area contributed by atoms with E-state index in [1.807, 2.05) is 4.90 Å². The number of hydrogen-bond acceptors (Lipinski definition) is 5. The number of nitrogens with zero attached hydrogens (tertiary/aromatic N) is 2. The molecule has 2 aromatic carbocycles. The zero-order valence-corrected chi connectivity index (χ0v) is 17.8. The van der Waals surface area contributed by atoms with Crippen molar-refractivity contribution in [2.75, 3.05) is 18.0 Å². The Bertz CT molecular complexity index is 1280. The molecule has 0 radical (unpaired) electrons. The molecule has 6 nitrogen and oxygen atoms in total. The Morgan fingerprint density at radius 2 is 1.84 bits per heavy atom. The van der Waals surface area contributed by atoms with E-state index >= 15 is 4.39 Å². The maximum Gasteiger partial charge on any atom is 0.342 e. The maximum absolute atomic E-state index is 15.0. The van der Waals surface area contributed by atoms with Gasteiger partial charge < -0.3 is 19.7 Å². The lowest BCUT2D eigenvalue weighted by Crippen LogP contribution is -2.43. The number of thioether (sulfide) groups is 1. The number of aliphatic hydroxyl groups is 1. The van der Waals surface area contributed by atoms with Crippen molar-refractivity contribution in [3.8, 4) is 0 Å². The molecule has 5 rings (SSSR count). The molecule has 9 heteroatoms. The van der Waals surface area contributed by atoms with E-state index in [-0.39, 0.29) is 10.9 Å². The van der Waals surface area contributed by atoms with Crippen LogP contribution in [0.25, 0.3) is 10.9 Å². The number of carboxylic acid groups (broad SMARTS) is 1. The Morgan fingerprint density at radius 3 is 2.42 bits per heavy atom. The molecule has 1 aromatic heterocycles. The second kappa shape index (κ2) is 7.25. The average molecular weight is 461 g/mol. The first-order chi connectivity index (χ1) is 14.8. The molecule has 0 bridgehead atoms. The van der Waals surface area contributed by atoms with E-state index in [0.29, 0.717) is 53.1 Å². The molecule has 0 aliphatic carbocycles. The molecule has 0 atom stereocenters. The Hall–Kier alpha value is -2.55. The number of hydrogen-bond donors (Lipinski definition) is 2. The van der Waals surface area contributed by atoms with Crippen LogP contribution in [0.5, 0.6) is 0 Å². The summed E-state index contributed by atoms with van der Waals surface area (Å²) in [6.07, 6.45) is 0.829. The summed E-state index contributed by atoms with van der Waals surface area (Å²) in [5.41, 5.74) is -0.327. The van der Waals surface area contributed by atoms with Gasteiger partial charge in [-0.25, -0.2) is 9.18 Å². The number of fused-ring (bicyclic) bond motifs is 3. The normalized spacial score (nSPS) is 17.3. The third kappa shape index (κ3) is 3.21. The number of aromatic carboxylic acids is 1. The summed E-state index contributed by atoms with van der Waals surface area (Å²) in [7, 11) is 0. The molecule has 3 heterocycles. The first-order valence-corrected chi connectivity index (χ1v) is 11.1. The van der Waals surface area contributed by atoms with Crippen molar-refractivity contribution in [3.63, 3.8) is 0 Å². The fourth-order valence-corrected chi connectivity index (χ4v) is 5.44. The zero-order chi connectivity index (χ0) is 21.9. The third-order valence-electron chi connectivity index (χ3n) is 6.14. The number of carboxylic acids is 1. The van der Waals surface area contributed by atoms with Crippen molar-refractivity contribution in [2.45, 2.75) is 29.3 Å². The van der Waals surface area contributed by atoms with E-state index in [9.17, 15) is 19.8 Å². The minimum absolute atomic E-state index is 0.0670. The number of anilines is 1. The molecule has 0 unspecified atom stereocenters. The molecule has 1 saturated heterocycles. The fraction of sp³-hybridized carbons (Fsp3) is 0.273. The summed E-state index contributed by atoms with van der Waals surface area (Å²) in [6, 6.07) is 9.84. The Labute approximate surface area is 185 Å². The minimum Gasteiger partial charge on any atom is -0.477 e. The lowest BCUT2D eigenvalue weighted by molar-refractivity contribution is 0.0117. The van der Waals surface area contributed by atoms with E-state index in [1.165, 1.54) is 11.8 Å². The SMILES string of the molecule is O=C(O)c1c2n(c3cc(N4CCC(O)(c5ccc(Cl)cc5)CC4)c(F)cc3c1=O)CS2. The summed E-state index contributed by atoms with van der Waals surface area (Å²) in [4.78, 5) is 26.0. The third-order valence-corrected chi connectivity index (χ3v) is 7.48. The highest BCUT2D eigenvalue weighted by Crippen LogP contribution is 2.40. The molecular weight excluding hydrogens is 443 g/mol. The largest absolute Gasteiger partial charge is 0.477 e. The Morgan fingerprint density at radius 1 is 1.16 bits per heavy atom. The quantitative estimate of drug-likeness (QED) is 0.613. The first-order valence-electron chi connectivity index (χ1n) is 9.78. The number of benzene rings is 2. The van der Waals surface area contributed by atoms with Crippen molar-refractivity contribution in [1.29, 1.82) is 0 Å². The van der Waals surface area contributed by atoms with E-state index < -0.39 is 22.8 Å². The summed E-state index contributed by atoms with van der Waals surface area (Å²) >= 11 is 7.23. The highest BCUT2D eigenvalue weighted by Gasteiger charge is 2.35. The van der Waals surface area contributed by atoms with Gasteiger partial charge >= 0.3 is 5.97 Å². The Balaban J connectivity index is 1.49. The number of piperidine rings is 1. The van der Waals surface area contributed by atoms with Gasteiger partial charge in [0.15, 0.2) is 0 Å². The summed E-state index contributed by atoms with van der Waals surface area (Å²) in [6.45, 7) is 0.862. The average Bonchev–Trinajstić information content (AvgIpc) is 2.71. The van der Waals surface area contributed by atoms with Gasteiger partial charge in [-0.05, 0) is 42.7 Å². The maximum atomic E-state index is 15.0. The first kappa shape index (κ1) is 20.4. The molecule has 3 aromatic rings. The summed E-state index contributed by atoms with van der Waals surface area (Å²) in [5.74, 6) is -1.37. The fourth-order valence-electron chi connectivity index (χ4n) is 4.36. The van der Waals surface area contributed by atoms with Crippen LogP contribution in [0.4, 0.5) is 10.1 Å². The van der Waals surface area contributed by atoms with Crippen LogP contribution >= 0.6 is 23.4 Å². The Kier molecular flexibility index (Phi) is 4.76. The highest BCUT2D eigenvalue weighted by atomic mass is 35.5. The molecule has 0 spiro atoms. The van der Waals surface area contributed by atoms with Gasteiger partial charge in [-0.3, -0.25) is 4.79 Å². The number of rotatable bonds is 3. The van der Waals surface area contributed by atoms with Crippen molar-refractivity contribution in [3.05, 3.63) is 68.6 Å². The van der Waals surface area contributed by atoms with Gasteiger partial charge in [0.2, 0.25) is 5.43 Å². The van der Waals surface area contributed by atoms with Crippen molar-refractivity contribution in [2.24, 2.45) is 0 Å². The molecule has 160 valence electrons. The second-order valence-electron chi connectivity index (χ2n) is 7.86. The van der Waals surface area contributed by atoms with Gasteiger partial charge in [-0.2, -0.15) is 0 Å². The van der Waals surface area contributed by atoms with Crippen LogP contribution in [0.3, 0.4) is 0 Å². The monoisotopic (exact) mass is 460 g/mol. The van der Waals surface area contributed by atoms with E-state index in [0.717, 1.165) is 11.6 Å². The second-order valence-corrected chi connectivity index (χ2v) is 9.23. The van der Waals surface area contributed by atoms with Gasteiger partial charge in [0.25, 0.3) is 0 Å². The van der Waals surface area contributed by atoms with E-state index in [4.69, 9.17) is 11.6 Å². The summed E-state index contributed by atoms with van der Waals surface area (Å²) < 4.78 is 16.7. The lowest BCUT2D eigenvalue weighted by atomic mass is 9.84. The molecule has 0 saturated carbocycles. The molecule has 2 aliphatic heterocycles.